The number of nitrogens with one attached hydrogen (secondary N) is 1. The van der Waals surface area contributed by atoms with Gasteiger partial charge in [0.05, 0.1) is 12.6 Å². The van der Waals surface area contributed by atoms with Gasteiger partial charge in [-0.1, -0.05) is 27.7 Å². The van der Waals surface area contributed by atoms with Gasteiger partial charge in [-0.25, -0.2) is 9.97 Å². The van der Waals surface area contributed by atoms with E-state index in [1.807, 2.05) is 6.07 Å². The average molecular weight is 223 g/mol. The van der Waals surface area contributed by atoms with E-state index in [0.717, 1.165) is 11.5 Å². The first-order valence-electron chi connectivity index (χ1n) is 5.74. The Kier molecular flexibility index (Phi) is 4.68. The molecule has 0 saturated heterocycles. The van der Waals surface area contributed by atoms with Gasteiger partial charge in [0.2, 0.25) is 0 Å². The van der Waals surface area contributed by atoms with Crippen LogP contribution in [0.15, 0.2) is 12.4 Å². The summed E-state index contributed by atoms with van der Waals surface area (Å²) in [6.45, 7) is 8.44. The van der Waals surface area contributed by atoms with Crippen LogP contribution in [-0.2, 0) is 0 Å². The van der Waals surface area contributed by atoms with E-state index in [4.69, 9.17) is 0 Å². The zero-order chi connectivity index (χ0) is 12.1. The minimum atomic E-state index is 0.0370. The number of aliphatic hydroxyl groups excluding tert-OH is 1. The molecule has 1 heterocycles. The summed E-state index contributed by atoms with van der Waals surface area (Å²) in [6, 6.07) is 1.98. The summed E-state index contributed by atoms with van der Waals surface area (Å²) in [7, 11) is 0. The van der Waals surface area contributed by atoms with Crippen molar-refractivity contribution >= 4 is 5.82 Å². The second-order valence-electron chi connectivity index (χ2n) is 4.66. The molecule has 4 nitrogen and oxygen atoms in total. The number of rotatable bonds is 5. The van der Waals surface area contributed by atoms with E-state index in [0.29, 0.717) is 11.8 Å². The second kappa shape index (κ2) is 5.80. The monoisotopic (exact) mass is 223 g/mol. The highest BCUT2D eigenvalue weighted by atomic mass is 16.3. The number of anilines is 1. The maximum atomic E-state index is 9.23. The van der Waals surface area contributed by atoms with Crippen molar-refractivity contribution in [1.29, 1.82) is 0 Å². The molecule has 16 heavy (non-hydrogen) atoms. The molecule has 0 radical (unpaired) electrons. The first kappa shape index (κ1) is 12.9. The third kappa shape index (κ3) is 3.45. The van der Waals surface area contributed by atoms with E-state index < -0.39 is 0 Å². The standard InChI is InChI=1S/C12H21N3O/c1-8(2)10-5-12(14-7-13-10)15-11(6-16)9(3)4/h5,7-9,11,16H,6H2,1-4H3,(H,13,14,15)/t11-/m1/s1. The van der Waals surface area contributed by atoms with Gasteiger partial charge in [-0.2, -0.15) is 0 Å². The second-order valence-corrected chi connectivity index (χ2v) is 4.66. The summed E-state index contributed by atoms with van der Waals surface area (Å²) in [6.07, 6.45) is 1.56. The van der Waals surface area contributed by atoms with Crippen LogP contribution in [-0.4, -0.2) is 27.7 Å². The molecule has 0 aliphatic carbocycles. The maximum absolute atomic E-state index is 9.23. The summed E-state index contributed by atoms with van der Waals surface area (Å²) in [5, 5.41) is 12.5. The van der Waals surface area contributed by atoms with Crippen molar-refractivity contribution in [3.8, 4) is 0 Å². The van der Waals surface area contributed by atoms with Crippen LogP contribution in [0.2, 0.25) is 0 Å². The quantitative estimate of drug-likeness (QED) is 0.802. The maximum Gasteiger partial charge on any atom is 0.129 e. The molecule has 2 N–H and O–H groups in total. The van der Waals surface area contributed by atoms with E-state index in [-0.39, 0.29) is 12.6 Å². The molecule has 0 aliphatic rings. The SMILES string of the molecule is CC(C)c1cc(N[C@H](CO)C(C)C)ncn1. The molecule has 1 rings (SSSR count). The van der Waals surface area contributed by atoms with Crippen LogP contribution in [0.25, 0.3) is 0 Å². The fraction of sp³-hybridized carbons (Fsp3) is 0.667. The normalized spacial score (nSPS) is 13.2. The van der Waals surface area contributed by atoms with Crippen LogP contribution in [0.1, 0.15) is 39.3 Å². The molecule has 0 aliphatic heterocycles. The van der Waals surface area contributed by atoms with Gasteiger partial charge >= 0.3 is 0 Å². The summed E-state index contributed by atoms with van der Waals surface area (Å²) >= 11 is 0. The van der Waals surface area contributed by atoms with E-state index in [1.54, 1.807) is 6.33 Å². The summed E-state index contributed by atoms with van der Waals surface area (Å²) in [4.78, 5) is 8.36. The lowest BCUT2D eigenvalue weighted by atomic mass is 10.1. The molecular formula is C12H21N3O. The Morgan fingerprint density at radius 3 is 2.44 bits per heavy atom. The zero-order valence-corrected chi connectivity index (χ0v) is 10.4. The van der Waals surface area contributed by atoms with Gasteiger partial charge in [-0.3, -0.25) is 0 Å². The smallest absolute Gasteiger partial charge is 0.129 e. The number of aromatic nitrogens is 2. The Hall–Kier alpha value is -1.16. The van der Waals surface area contributed by atoms with Crippen molar-refractivity contribution in [3.05, 3.63) is 18.1 Å². The van der Waals surface area contributed by atoms with Crippen LogP contribution in [0, 0.1) is 5.92 Å². The Labute approximate surface area is 97.1 Å². The van der Waals surface area contributed by atoms with Crippen molar-refractivity contribution in [2.24, 2.45) is 5.92 Å². The van der Waals surface area contributed by atoms with Gasteiger partial charge in [-0.05, 0) is 11.8 Å². The van der Waals surface area contributed by atoms with Gasteiger partial charge in [0.25, 0.3) is 0 Å². The van der Waals surface area contributed by atoms with Gasteiger partial charge in [0, 0.05) is 11.8 Å². The van der Waals surface area contributed by atoms with Crippen molar-refractivity contribution in [3.63, 3.8) is 0 Å². The highest BCUT2D eigenvalue weighted by Crippen LogP contribution is 2.15. The number of hydrogen-bond acceptors (Lipinski definition) is 4. The average Bonchev–Trinajstić information content (AvgIpc) is 2.25. The Bertz CT molecular complexity index is 326. The van der Waals surface area contributed by atoms with Gasteiger partial charge in [-0.15, -0.1) is 0 Å². The Morgan fingerprint density at radius 2 is 1.94 bits per heavy atom. The fourth-order valence-corrected chi connectivity index (χ4v) is 1.38. The van der Waals surface area contributed by atoms with Crippen molar-refractivity contribution in [2.75, 3.05) is 11.9 Å². The molecule has 0 aromatic carbocycles. The van der Waals surface area contributed by atoms with Crippen molar-refractivity contribution < 1.29 is 5.11 Å². The lowest BCUT2D eigenvalue weighted by Crippen LogP contribution is -2.29. The lowest BCUT2D eigenvalue weighted by Gasteiger charge is -2.20. The highest BCUT2D eigenvalue weighted by Gasteiger charge is 2.12. The van der Waals surface area contributed by atoms with Crippen molar-refractivity contribution in [2.45, 2.75) is 39.7 Å². The van der Waals surface area contributed by atoms with E-state index in [2.05, 4.69) is 43.0 Å². The minimum Gasteiger partial charge on any atom is -0.394 e. The lowest BCUT2D eigenvalue weighted by molar-refractivity contribution is 0.249. The largest absolute Gasteiger partial charge is 0.394 e. The van der Waals surface area contributed by atoms with Gasteiger partial charge in [0.1, 0.15) is 12.1 Å². The van der Waals surface area contributed by atoms with E-state index in [9.17, 15) is 5.11 Å². The molecule has 0 unspecified atom stereocenters. The molecule has 0 fully saturated rings. The minimum absolute atomic E-state index is 0.0370. The van der Waals surface area contributed by atoms with Gasteiger partial charge in [0.15, 0.2) is 0 Å². The molecule has 0 amide bonds. The Morgan fingerprint density at radius 1 is 1.25 bits per heavy atom. The molecule has 0 bridgehead atoms. The van der Waals surface area contributed by atoms with Crippen LogP contribution < -0.4 is 5.32 Å². The number of hydrogen-bond donors (Lipinski definition) is 2. The van der Waals surface area contributed by atoms with Gasteiger partial charge < -0.3 is 10.4 Å². The highest BCUT2D eigenvalue weighted by molar-refractivity contribution is 5.36. The molecule has 1 atom stereocenters. The third-order valence-corrected chi connectivity index (χ3v) is 2.61. The predicted octanol–water partition coefficient (Wildman–Crippen LogP) is 2.03. The Balaban J connectivity index is 2.76. The molecule has 90 valence electrons. The van der Waals surface area contributed by atoms with E-state index >= 15 is 0 Å². The first-order chi connectivity index (χ1) is 7.54. The number of nitrogens with zero attached hydrogens (tertiary/aromatic N) is 2. The van der Waals surface area contributed by atoms with Crippen molar-refractivity contribution in [1.82, 2.24) is 9.97 Å². The molecule has 1 aromatic heterocycles. The first-order valence-corrected chi connectivity index (χ1v) is 5.74. The summed E-state index contributed by atoms with van der Waals surface area (Å²) in [5.74, 6) is 1.53. The summed E-state index contributed by atoms with van der Waals surface area (Å²) in [5.41, 5.74) is 1.01. The molecule has 0 spiro atoms. The molecule has 1 aromatic rings. The molecular weight excluding hydrogens is 202 g/mol. The van der Waals surface area contributed by atoms with E-state index in [1.165, 1.54) is 0 Å². The molecule has 0 saturated carbocycles. The predicted molar refractivity (Wildman–Crippen MR) is 65.5 cm³/mol. The zero-order valence-electron chi connectivity index (χ0n) is 10.4. The van der Waals surface area contributed by atoms with Crippen LogP contribution >= 0.6 is 0 Å². The van der Waals surface area contributed by atoms with Crippen LogP contribution in [0.5, 0.6) is 0 Å². The summed E-state index contributed by atoms with van der Waals surface area (Å²) < 4.78 is 0. The topological polar surface area (TPSA) is 58.0 Å². The van der Waals surface area contributed by atoms with Crippen LogP contribution in [0.3, 0.4) is 0 Å². The number of aliphatic hydroxyl groups is 1. The molecule has 4 heteroatoms. The fourth-order valence-electron chi connectivity index (χ4n) is 1.38. The third-order valence-electron chi connectivity index (χ3n) is 2.61. The van der Waals surface area contributed by atoms with Crippen LogP contribution in [0.4, 0.5) is 5.82 Å².